The number of nitrogen functional groups attached to an aromatic ring is 1. The Morgan fingerprint density at radius 2 is 2.43 bits per heavy atom. The zero-order valence-electron chi connectivity index (χ0n) is 8.44. The molecule has 1 rings (SSSR count). The van der Waals surface area contributed by atoms with Crippen molar-refractivity contribution in [3.8, 4) is 6.07 Å². The van der Waals surface area contributed by atoms with Crippen molar-refractivity contribution < 1.29 is 0 Å². The average molecular weight is 190 g/mol. The molecule has 74 valence electrons. The third kappa shape index (κ3) is 2.36. The van der Waals surface area contributed by atoms with Gasteiger partial charge >= 0.3 is 0 Å². The highest BCUT2D eigenvalue weighted by Crippen LogP contribution is 2.20. The second kappa shape index (κ2) is 4.47. The third-order valence-corrected chi connectivity index (χ3v) is 2.01. The highest BCUT2D eigenvalue weighted by atomic mass is 15.1. The molecule has 14 heavy (non-hydrogen) atoms. The van der Waals surface area contributed by atoms with Crippen LogP contribution in [0, 0.1) is 17.2 Å². The lowest BCUT2D eigenvalue weighted by Gasteiger charge is -2.21. The van der Waals surface area contributed by atoms with Crippen LogP contribution in [-0.4, -0.2) is 18.6 Å². The molecule has 0 amide bonds. The summed E-state index contributed by atoms with van der Waals surface area (Å²) >= 11 is 0. The van der Waals surface area contributed by atoms with Crippen LogP contribution in [0.4, 0.5) is 11.4 Å². The van der Waals surface area contributed by atoms with Gasteiger partial charge in [0.05, 0.1) is 29.6 Å². The van der Waals surface area contributed by atoms with Crippen LogP contribution in [0.15, 0.2) is 18.5 Å². The molecule has 2 N–H and O–H groups in total. The van der Waals surface area contributed by atoms with E-state index >= 15 is 0 Å². The summed E-state index contributed by atoms with van der Waals surface area (Å²) < 4.78 is 0. The van der Waals surface area contributed by atoms with Crippen LogP contribution in [-0.2, 0) is 0 Å². The first-order chi connectivity index (χ1) is 6.65. The summed E-state index contributed by atoms with van der Waals surface area (Å²) in [4.78, 5) is 5.87. The fraction of sp³-hybridized carbons (Fsp3) is 0.400. The van der Waals surface area contributed by atoms with Crippen molar-refractivity contribution in [1.29, 1.82) is 5.26 Å². The smallest absolute Gasteiger partial charge is 0.0738 e. The number of hydrogen-bond donors (Lipinski definition) is 1. The van der Waals surface area contributed by atoms with E-state index in [1.54, 1.807) is 12.4 Å². The topological polar surface area (TPSA) is 65.9 Å². The molecule has 0 aromatic carbocycles. The van der Waals surface area contributed by atoms with Gasteiger partial charge in [0, 0.05) is 19.8 Å². The van der Waals surface area contributed by atoms with Crippen LogP contribution >= 0.6 is 0 Å². The summed E-state index contributed by atoms with van der Waals surface area (Å²) in [5.41, 5.74) is 7.31. The third-order valence-electron chi connectivity index (χ3n) is 2.01. The van der Waals surface area contributed by atoms with Gasteiger partial charge in [0.1, 0.15) is 0 Å². The molecule has 4 heteroatoms. The molecule has 0 bridgehead atoms. The first-order valence-electron chi connectivity index (χ1n) is 4.45. The minimum atomic E-state index is -0.00688. The molecule has 1 heterocycles. The van der Waals surface area contributed by atoms with Gasteiger partial charge in [-0.1, -0.05) is 0 Å². The van der Waals surface area contributed by atoms with E-state index < -0.39 is 0 Å². The quantitative estimate of drug-likeness (QED) is 0.779. The van der Waals surface area contributed by atoms with Crippen molar-refractivity contribution in [1.82, 2.24) is 4.98 Å². The summed E-state index contributed by atoms with van der Waals surface area (Å²) in [7, 11) is 1.92. The Kier molecular flexibility index (Phi) is 3.29. The minimum Gasteiger partial charge on any atom is -0.396 e. The average Bonchev–Trinajstić information content (AvgIpc) is 2.18. The van der Waals surface area contributed by atoms with Gasteiger partial charge in [0.2, 0.25) is 0 Å². The summed E-state index contributed by atoms with van der Waals surface area (Å²) in [6.07, 6.45) is 3.31. The van der Waals surface area contributed by atoms with Crippen LogP contribution in [0.2, 0.25) is 0 Å². The van der Waals surface area contributed by atoms with Gasteiger partial charge in [-0.3, -0.25) is 4.98 Å². The van der Waals surface area contributed by atoms with E-state index in [4.69, 9.17) is 11.0 Å². The Hall–Kier alpha value is -1.76. The molecule has 0 aliphatic heterocycles. The van der Waals surface area contributed by atoms with E-state index in [2.05, 4.69) is 11.1 Å². The van der Waals surface area contributed by atoms with Crippen molar-refractivity contribution in [2.24, 2.45) is 5.92 Å². The summed E-state index contributed by atoms with van der Waals surface area (Å²) in [6.45, 7) is 2.55. The van der Waals surface area contributed by atoms with Gasteiger partial charge < -0.3 is 10.6 Å². The Morgan fingerprint density at radius 1 is 1.71 bits per heavy atom. The van der Waals surface area contributed by atoms with E-state index in [1.807, 2.05) is 24.9 Å². The molecule has 1 unspecified atom stereocenters. The molecule has 0 fully saturated rings. The SMILES string of the molecule is CC(C#N)CN(C)c1ccncc1N. The van der Waals surface area contributed by atoms with Crippen molar-refractivity contribution in [3.63, 3.8) is 0 Å². The van der Waals surface area contributed by atoms with Gasteiger partial charge in [-0.25, -0.2) is 0 Å². The standard InChI is InChI=1S/C10H14N4/c1-8(5-11)7-14(2)10-3-4-13-6-9(10)12/h3-4,6,8H,7,12H2,1-2H3. The first-order valence-corrected chi connectivity index (χ1v) is 4.45. The Bertz CT molecular complexity index is 342. The number of nitrogens with two attached hydrogens (primary N) is 1. The molecule has 0 radical (unpaired) electrons. The number of nitriles is 1. The maximum absolute atomic E-state index is 8.68. The molecular weight excluding hydrogens is 176 g/mol. The summed E-state index contributed by atoms with van der Waals surface area (Å²) in [6, 6.07) is 4.03. The van der Waals surface area contributed by atoms with Gasteiger partial charge in [0.25, 0.3) is 0 Å². The van der Waals surface area contributed by atoms with Crippen molar-refractivity contribution in [3.05, 3.63) is 18.5 Å². The number of aromatic nitrogens is 1. The number of nitrogens with zero attached hydrogens (tertiary/aromatic N) is 3. The van der Waals surface area contributed by atoms with Crippen LogP contribution < -0.4 is 10.6 Å². The van der Waals surface area contributed by atoms with Crippen LogP contribution in [0.3, 0.4) is 0 Å². The van der Waals surface area contributed by atoms with Gasteiger partial charge in [-0.05, 0) is 13.0 Å². The molecule has 1 aromatic heterocycles. The highest BCUT2D eigenvalue weighted by Gasteiger charge is 2.08. The normalized spacial score (nSPS) is 11.8. The largest absolute Gasteiger partial charge is 0.396 e. The van der Waals surface area contributed by atoms with Crippen LogP contribution in [0.1, 0.15) is 6.92 Å². The van der Waals surface area contributed by atoms with E-state index in [1.165, 1.54) is 0 Å². The van der Waals surface area contributed by atoms with E-state index in [0.29, 0.717) is 12.2 Å². The number of hydrogen-bond acceptors (Lipinski definition) is 4. The molecular formula is C10H14N4. The Morgan fingerprint density at radius 3 is 3.00 bits per heavy atom. The van der Waals surface area contributed by atoms with Gasteiger partial charge in [-0.2, -0.15) is 5.26 Å². The first kappa shape index (κ1) is 10.3. The highest BCUT2D eigenvalue weighted by molar-refractivity contribution is 5.65. The van der Waals surface area contributed by atoms with E-state index in [9.17, 15) is 0 Å². The lowest BCUT2D eigenvalue weighted by Crippen LogP contribution is -2.24. The van der Waals surface area contributed by atoms with Gasteiger partial charge in [-0.15, -0.1) is 0 Å². The van der Waals surface area contributed by atoms with Crippen molar-refractivity contribution in [2.45, 2.75) is 6.92 Å². The van der Waals surface area contributed by atoms with Gasteiger partial charge in [0.15, 0.2) is 0 Å². The fourth-order valence-corrected chi connectivity index (χ4v) is 1.30. The molecule has 0 saturated heterocycles. The van der Waals surface area contributed by atoms with Crippen LogP contribution in [0.5, 0.6) is 0 Å². The van der Waals surface area contributed by atoms with Crippen molar-refractivity contribution in [2.75, 3.05) is 24.2 Å². The molecule has 4 nitrogen and oxygen atoms in total. The lowest BCUT2D eigenvalue weighted by molar-refractivity contribution is 0.716. The second-order valence-electron chi connectivity index (χ2n) is 3.35. The maximum Gasteiger partial charge on any atom is 0.0738 e. The summed E-state index contributed by atoms with van der Waals surface area (Å²) in [5.74, 6) is -0.00688. The molecule has 1 atom stereocenters. The zero-order valence-corrected chi connectivity index (χ0v) is 8.44. The maximum atomic E-state index is 8.68. The molecule has 0 aliphatic rings. The molecule has 1 aromatic rings. The zero-order chi connectivity index (χ0) is 10.6. The number of anilines is 2. The summed E-state index contributed by atoms with van der Waals surface area (Å²) in [5, 5.41) is 8.68. The van der Waals surface area contributed by atoms with Crippen LogP contribution in [0.25, 0.3) is 0 Å². The molecule has 0 aliphatic carbocycles. The predicted octanol–water partition coefficient (Wildman–Crippen LogP) is 1.26. The minimum absolute atomic E-state index is 0.00688. The fourth-order valence-electron chi connectivity index (χ4n) is 1.30. The van der Waals surface area contributed by atoms with Crippen molar-refractivity contribution >= 4 is 11.4 Å². The number of rotatable bonds is 3. The lowest BCUT2D eigenvalue weighted by atomic mass is 10.2. The van der Waals surface area contributed by atoms with E-state index in [0.717, 1.165) is 5.69 Å². The Labute approximate surface area is 84.0 Å². The monoisotopic (exact) mass is 190 g/mol. The molecule has 0 saturated carbocycles. The predicted molar refractivity (Wildman–Crippen MR) is 56.7 cm³/mol. The second-order valence-corrected chi connectivity index (χ2v) is 3.35. The molecule has 0 spiro atoms. The Balaban J connectivity index is 2.75. The van der Waals surface area contributed by atoms with E-state index in [-0.39, 0.29) is 5.92 Å². The number of pyridine rings is 1.